The lowest BCUT2D eigenvalue weighted by atomic mass is 9.77. The molecule has 1 saturated carbocycles. The van der Waals surface area contributed by atoms with Gasteiger partial charge >= 0.3 is 0 Å². The average molecular weight is 445 g/mol. The van der Waals surface area contributed by atoms with E-state index in [2.05, 4.69) is 56.3 Å². The van der Waals surface area contributed by atoms with Crippen LogP contribution in [0.3, 0.4) is 0 Å². The molecule has 1 aliphatic carbocycles. The van der Waals surface area contributed by atoms with Gasteiger partial charge in [0.2, 0.25) is 0 Å². The van der Waals surface area contributed by atoms with Crippen LogP contribution in [-0.4, -0.2) is 0 Å². The summed E-state index contributed by atoms with van der Waals surface area (Å²) in [5.41, 5.74) is 5.06. The normalized spacial score (nSPS) is 18.6. The maximum atomic E-state index is 14.7. The second-order valence-corrected chi connectivity index (χ2v) is 10.3. The summed E-state index contributed by atoms with van der Waals surface area (Å²) in [5, 5.41) is 1.78. The summed E-state index contributed by atoms with van der Waals surface area (Å²) >= 11 is 0. The maximum absolute atomic E-state index is 14.7. The quantitative estimate of drug-likeness (QED) is 0.273. The molecular formula is C32H41F. The Bertz CT molecular complexity index is 1010. The van der Waals surface area contributed by atoms with Crippen LogP contribution in [0.25, 0.3) is 10.8 Å². The van der Waals surface area contributed by atoms with E-state index in [-0.39, 0.29) is 5.82 Å². The first-order chi connectivity index (χ1) is 16.2. The maximum Gasteiger partial charge on any atom is 0.134 e. The average Bonchev–Trinajstić information content (AvgIpc) is 2.85. The molecule has 0 aliphatic heterocycles. The predicted octanol–water partition coefficient (Wildman–Crippen LogP) is 9.57. The van der Waals surface area contributed by atoms with E-state index in [1.165, 1.54) is 68.1 Å². The third kappa shape index (κ3) is 6.25. The minimum atomic E-state index is -0.0357. The molecule has 1 aliphatic rings. The Balaban J connectivity index is 1.30. The van der Waals surface area contributed by atoms with Crippen LogP contribution < -0.4 is 0 Å². The molecular weight excluding hydrogens is 403 g/mol. The van der Waals surface area contributed by atoms with Gasteiger partial charge in [-0.3, -0.25) is 0 Å². The molecule has 0 spiro atoms. The van der Waals surface area contributed by atoms with Gasteiger partial charge in [-0.2, -0.15) is 0 Å². The van der Waals surface area contributed by atoms with Crippen LogP contribution >= 0.6 is 0 Å². The van der Waals surface area contributed by atoms with Crippen molar-refractivity contribution in [2.75, 3.05) is 0 Å². The highest BCUT2D eigenvalue weighted by Gasteiger charge is 2.22. The lowest BCUT2D eigenvalue weighted by Crippen LogP contribution is -2.13. The van der Waals surface area contributed by atoms with Gasteiger partial charge < -0.3 is 0 Å². The Morgan fingerprint density at radius 1 is 0.727 bits per heavy atom. The van der Waals surface area contributed by atoms with Crippen molar-refractivity contribution in [3.05, 3.63) is 82.7 Å². The molecule has 0 heterocycles. The van der Waals surface area contributed by atoms with Crippen molar-refractivity contribution >= 4 is 10.8 Å². The highest BCUT2D eigenvalue weighted by atomic mass is 19.1. The third-order valence-electron chi connectivity index (χ3n) is 7.83. The number of rotatable bonds is 10. The fourth-order valence-corrected chi connectivity index (χ4v) is 5.72. The fourth-order valence-electron chi connectivity index (χ4n) is 5.72. The SMILES string of the molecule is CCCCCC1CCC(c2ccc(CCc3ccc4c(F)c(CCC)ccc4c3)cc2)CC1. The molecule has 0 radical (unpaired) electrons. The van der Waals surface area contributed by atoms with Crippen molar-refractivity contribution < 1.29 is 4.39 Å². The first-order valence-corrected chi connectivity index (χ1v) is 13.5. The van der Waals surface area contributed by atoms with Crippen molar-refractivity contribution in [2.45, 2.75) is 96.8 Å². The number of aryl methyl sites for hydroxylation is 3. The van der Waals surface area contributed by atoms with E-state index in [9.17, 15) is 4.39 Å². The lowest BCUT2D eigenvalue weighted by molar-refractivity contribution is 0.303. The van der Waals surface area contributed by atoms with Crippen LogP contribution in [0, 0.1) is 11.7 Å². The van der Waals surface area contributed by atoms with Gasteiger partial charge in [-0.05, 0) is 84.4 Å². The third-order valence-corrected chi connectivity index (χ3v) is 7.83. The van der Waals surface area contributed by atoms with Gasteiger partial charge in [0.05, 0.1) is 0 Å². The Labute approximate surface area is 200 Å². The summed E-state index contributed by atoms with van der Waals surface area (Å²) in [6.07, 6.45) is 15.0. The Morgan fingerprint density at radius 2 is 1.45 bits per heavy atom. The predicted molar refractivity (Wildman–Crippen MR) is 141 cm³/mol. The van der Waals surface area contributed by atoms with Crippen LogP contribution in [0.4, 0.5) is 4.39 Å². The van der Waals surface area contributed by atoms with E-state index < -0.39 is 0 Å². The number of benzene rings is 3. The molecule has 176 valence electrons. The van der Waals surface area contributed by atoms with E-state index in [1.807, 2.05) is 12.1 Å². The first kappa shape index (κ1) is 24.0. The van der Waals surface area contributed by atoms with Gasteiger partial charge in [0.1, 0.15) is 5.82 Å². The zero-order chi connectivity index (χ0) is 23.0. The lowest BCUT2D eigenvalue weighted by Gasteiger charge is -2.29. The molecule has 3 aromatic rings. The highest BCUT2D eigenvalue weighted by molar-refractivity contribution is 5.84. The molecule has 0 aromatic heterocycles. The number of unbranched alkanes of at least 4 members (excludes halogenated alkanes) is 2. The summed E-state index contributed by atoms with van der Waals surface area (Å²) in [7, 11) is 0. The van der Waals surface area contributed by atoms with Gasteiger partial charge in [-0.15, -0.1) is 0 Å². The monoisotopic (exact) mass is 444 g/mol. The van der Waals surface area contributed by atoms with E-state index in [0.717, 1.165) is 53.9 Å². The highest BCUT2D eigenvalue weighted by Crippen LogP contribution is 2.37. The Morgan fingerprint density at radius 3 is 2.18 bits per heavy atom. The summed E-state index contributed by atoms with van der Waals surface area (Å²) in [6, 6.07) is 19.7. The molecule has 0 unspecified atom stereocenters. The smallest absolute Gasteiger partial charge is 0.134 e. The summed E-state index contributed by atoms with van der Waals surface area (Å²) in [4.78, 5) is 0. The van der Waals surface area contributed by atoms with Crippen molar-refractivity contribution in [1.82, 2.24) is 0 Å². The largest absolute Gasteiger partial charge is 0.206 e. The standard InChI is InChI=1S/C32H41F/c1-3-5-6-8-24-11-16-27(17-12-24)28-18-13-25(14-19-28)9-10-26-15-22-31-30(23-26)21-20-29(7-4-2)32(31)33/h13-15,18-24,27H,3-12,16-17H2,1-2H3. The second kappa shape index (κ2) is 11.8. The summed E-state index contributed by atoms with van der Waals surface area (Å²) in [6.45, 7) is 4.39. The van der Waals surface area contributed by atoms with Crippen molar-refractivity contribution in [3.8, 4) is 0 Å². The van der Waals surface area contributed by atoms with Crippen LogP contribution in [-0.2, 0) is 19.3 Å². The van der Waals surface area contributed by atoms with Crippen LogP contribution in [0.15, 0.2) is 54.6 Å². The van der Waals surface area contributed by atoms with Gasteiger partial charge in [0, 0.05) is 5.39 Å². The Kier molecular flexibility index (Phi) is 8.59. The topological polar surface area (TPSA) is 0 Å². The van der Waals surface area contributed by atoms with Gasteiger partial charge in [0.15, 0.2) is 0 Å². The second-order valence-electron chi connectivity index (χ2n) is 10.3. The first-order valence-electron chi connectivity index (χ1n) is 13.5. The van der Waals surface area contributed by atoms with Crippen LogP contribution in [0.5, 0.6) is 0 Å². The van der Waals surface area contributed by atoms with Gasteiger partial charge in [-0.25, -0.2) is 4.39 Å². The minimum Gasteiger partial charge on any atom is -0.206 e. The molecule has 0 saturated heterocycles. The number of halogens is 1. The van der Waals surface area contributed by atoms with Gasteiger partial charge in [0.25, 0.3) is 0 Å². The molecule has 0 atom stereocenters. The zero-order valence-electron chi connectivity index (χ0n) is 20.7. The summed E-state index contributed by atoms with van der Waals surface area (Å²) in [5.74, 6) is 1.70. The summed E-state index contributed by atoms with van der Waals surface area (Å²) < 4.78 is 14.7. The molecule has 0 nitrogen and oxygen atoms in total. The van der Waals surface area contributed by atoms with Crippen molar-refractivity contribution in [1.29, 1.82) is 0 Å². The minimum absolute atomic E-state index is 0.0357. The van der Waals surface area contributed by atoms with E-state index in [4.69, 9.17) is 0 Å². The molecule has 0 N–H and O–H groups in total. The molecule has 4 rings (SSSR count). The molecule has 33 heavy (non-hydrogen) atoms. The fraction of sp³-hybridized carbons (Fsp3) is 0.500. The number of hydrogen-bond acceptors (Lipinski definition) is 0. The van der Waals surface area contributed by atoms with E-state index in [1.54, 1.807) is 0 Å². The van der Waals surface area contributed by atoms with Crippen LogP contribution in [0.2, 0.25) is 0 Å². The number of hydrogen-bond donors (Lipinski definition) is 0. The van der Waals surface area contributed by atoms with Crippen molar-refractivity contribution in [3.63, 3.8) is 0 Å². The number of fused-ring (bicyclic) bond motifs is 1. The van der Waals surface area contributed by atoms with Crippen LogP contribution in [0.1, 0.15) is 99.8 Å². The van der Waals surface area contributed by atoms with E-state index in [0.29, 0.717) is 0 Å². The van der Waals surface area contributed by atoms with E-state index >= 15 is 0 Å². The molecule has 3 aromatic carbocycles. The molecule has 0 bridgehead atoms. The van der Waals surface area contributed by atoms with Gasteiger partial charge in [-0.1, -0.05) is 101 Å². The molecule has 1 fully saturated rings. The van der Waals surface area contributed by atoms with Crippen molar-refractivity contribution in [2.24, 2.45) is 5.92 Å². The molecule has 1 heteroatoms. The Hall–Kier alpha value is -2.15. The zero-order valence-corrected chi connectivity index (χ0v) is 20.7. The molecule has 0 amide bonds.